The van der Waals surface area contributed by atoms with Gasteiger partial charge in [0.05, 0.1) is 6.04 Å². The first kappa shape index (κ1) is 17.6. The predicted octanol–water partition coefficient (Wildman–Crippen LogP) is 5.73. The summed E-state index contributed by atoms with van der Waals surface area (Å²) in [4.78, 5) is 13.4. The van der Waals surface area contributed by atoms with Crippen LogP contribution in [0.4, 0.5) is 23.7 Å². The Morgan fingerprint density at radius 2 is 1.80 bits per heavy atom. The highest BCUT2D eigenvalue weighted by atomic mass is 35.5. The fourth-order valence-corrected chi connectivity index (χ4v) is 3.44. The van der Waals surface area contributed by atoms with Gasteiger partial charge < -0.3 is 5.32 Å². The number of amides is 2. The molecule has 0 spiro atoms. The van der Waals surface area contributed by atoms with Gasteiger partial charge in [0.15, 0.2) is 5.54 Å². The second kappa shape index (κ2) is 5.95. The van der Waals surface area contributed by atoms with Gasteiger partial charge in [0.2, 0.25) is 0 Å². The summed E-state index contributed by atoms with van der Waals surface area (Å²) in [5.41, 5.74) is -1.86. The molecule has 0 unspecified atom stereocenters. The molecule has 132 valence electrons. The van der Waals surface area contributed by atoms with E-state index in [1.165, 1.54) is 18.2 Å². The van der Waals surface area contributed by atoms with Crippen molar-refractivity contribution in [2.45, 2.75) is 31.6 Å². The molecule has 7 heteroatoms. The third kappa shape index (κ3) is 2.74. The maximum absolute atomic E-state index is 14.2. The molecule has 0 fully saturated rings. The van der Waals surface area contributed by atoms with Gasteiger partial charge in [-0.1, -0.05) is 41.9 Å². The van der Waals surface area contributed by atoms with Crippen molar-refractivity contribution in [3.63, 3.8) is 0 Å². The van der Waals surface area contributed by atoms with Gasteiger partial charge in [0, 0.05) is 16.3 Å². The highest BCUT2D eigenvalue weighted by Crippen LogP contribution is 2.52. The van der Waals surface area contributed by atoms with Crippen molar-refractivity contribution < 1.29 is 18.0 Å². The summed E-state index contributed by atoms with van der Waals surface area (Å²) in [5, 5.41) is 2.72. The predicted molar refractivity (Wildman–Crippen MR) is 90.6 cm³/mol. The number of nitrogens with one attached hydrogen (secondary N) is 1. The second-order valence-corrected chi connectivity index (χ2v) is 6.58. The van der Waals surface area contributed by atoms with Crippen LogP contribution in [0.3, 0.4) is 0 Å². The molecular weight excluding hydrogens is 353 g/mol. The lowest BCUT2D eigenvalue weighted by Gasteiger charge is -2.49. The fourth-order valence-electron chi connectivity index (χ4n) is 3.27. The van der Waals surface area contributed by atoms with Crippen LogP contribution in [-0.2, 0) is 5.54 Å². The number of fused-ring (bicyclic) bond motifs is 1. The highest BCUT2D eigenvalue weighted by Gasteiger charge is 2.61. The SMILES string of the molecule is C[C@H](c1ccccc1)N1C(=O)Nc2ccc(Cl)cc2[C@@]1(C)C(F)(F)F. The Bertz CT molecular complexity index is 810. The minimum atomic E-state index is -4.69. The molecule has 2 atom stereocenters. The Morgan fingerprint density at radius 3 is 2.40 bits per heavy atom. The average Bonchev–Trinajstić information content (AvgIpc) is 2.55. The molecule has 2 aromatic carbocycles. The highest BCUT2D eigenvalue weighted by molar-refractivity contribution is 6.30. The van der Waals surface area contributed by atoms with Crippen molar-refractivity contribution in [1.82, 2.24) is 4.90 Å². The van der Waals surface area contributed by atoms with Gasteiger partial charge in [-0.3, -0.25) is 4.90 Å². The van der Waals surface area contributed by atoms with Gasteiger partial charge in [0.25, 0.3) is 0 Å². The largest absolute Gasteiger partial charge is 0.415 e. The molecule has 0 aromatic heterocycles. The van der Waals surface area contributed by atoms with E-state index in [0.717, 1.165) is 11.8 Å². The second-order valence-electron chi connectivity index (χ2n) is 6.15. The average molecular weight is 369 g/mol. The number of alkyl halides is 3. The van der Waals surface area contributed by atoms with Crippen LogP contribution in [0.5, 0.6) is 0 Å². The third-order valence-electron chi connectivity index (χ3n) is 4.67. The zero-order valence-electron chi connectivity index (χ0n) is 13.6. The molecule has 2 aromatic rings. The number of anilines is 1. The van der Waals surface area contributed by atoms with E-state index < -0.39 is 23.8 Å². The van der Waals surface area contributed by atoms with Gasteiger partial charge in [-0.25, -0.2) is 4.79 Å². The summed E-state index contributed by atoms with van der Waals surface area (Å²) in [7, 11) is 0. The Hall–Kier alpha value is -2.21. The summed E-state index contributed by atoms with van der Waals surface area (Å²) < 4.78 is 42.5. The molecule has 1 aliphatic heterocycles. The number of rotatable bonds is 2. The van der Waals surface area contributed by atoms with Crippen molar-refractivity contribution in [2.24, 2.45) is 0 Å². The Kier molecular flexibility index (Phi) is 4.19. The summed E-state index contributed by atoms with van der Waals surface area (Å²) in [5.74, 6) is 0. The molecular formula is C18H16ClF3N2O. The van der Waals surface area contributed by atoms with Crippen LogP contribution in [0.25, 0.3) is 0 Å². The number of halogens is 4. The molecule has 0 saturated heterocycles. The summed E-state index contributed by atoms with van der Waals surface area (Å²) in [6, 6.07) is 11.1. The van der Waals surface area contributed by atoms with Crippen LogP contribution in [0, 0.1) is 0 Å². The molecule has 1 heterocycles. The van der Waals surface area contributed by atoms with E-state index in [1.807, 2.05) is 0 Å². The molecule has 2 amide bonds. The minimum absolute atomic E-state index is 0.0742. The van der Waals surface area contributed by atoms with E-state index in [0.29, 0.717) is 5.56 Å². The van der Waals surface area contributed by atoms with Crippen LogP contribution in [-0.4, -0.2) is 17.1 Å². The number of carbonyl (C=O) groups is 1. The number of nitrogens with zero attached hydrogens (tertiary/aromatic N) is 1. The number of carbonyl (C=O) groups excluding carboxylic acids is 1. The first-order chi connectivity index (χ1) is 11.7. The Morgan fingerprint density at radius 1 is 1.16 bits per heavy atom. The van der Waals surface area contributed by atoms with E-state index in [-0.39, 0.29) is 16.3 Å². The summed E-state index contributed by atoms with van der Waals surface area (Å²) in [6.45, 7) is 2.59. The lowest BCUT2D eigenvalue weighted by Crippen LogP contribution is -2.61. The molecule has 1 aliphatic rings. The summed E-state index contributed by atoms with van der Waals surface area (Å²) in [6.07, 6.45) is -4.69. The molecule has 25 heavy (non-hydrogen) atoms. The molecule has 0 aliphatic carbocycles. The molecule has 1 N–H and O–H groups in total. The zero-order valence-corrected chi connectivity index (χ0v) is 14.3. The van der Waals surface area contributed by atoms with Gasteiger partial charge in [-0.05, 0) is 37.6 Å². The lowest BCUT2D eigenvalue weighted by molar-refractivity contribution is -0.227. The standard InChI is InChI=1S/C18H16ClF3N2O/c1-11(12-6-4-3-5-7-12)24-16(25)23-15-9-8-13(19)10-14(15)17(24,2)18(20,21)22/h3-11H,1-2H3,(H,23,25)/t11-,17+/m1/s1. The number of urea groups is 1. The van der Waals surface area contributed by atoms with Crippen LogP contribution in [0.2, 0.25) is 5.02 Å². The van der Waals surface area contributed by atoms with Crippen molar-refractivity contribution in [3.8, 4) is 0 Å². The number of hydrogen-bond acceptors (Lipinski definition) is 1. The normalized spacial score (nSPS) is 21.5. The van der Waals surface area contributed by atoms with Crippen molar-refractivity contribution >= 4 is 23.3 Å². The van der Waals surface area contributed by atoms with Gasteiger partial charge in [0.1, 0.15) is 0 Å². The van der Waals surface area contributed by atoms with Gasteiger partial charge in [-0.15, -0.1) is 0 Å². The quantitative estimate of drug-likeness (QED) is 0.721. The van der Waals surface area contributed by atoms with Crippen LogP contribution < -0.4 is 5.32 Å². The number of hydrogen-bond donors (Lipinski definition) is 1. The maximum atomic E-state index is 14.2. The Balaban J connectivity index is 2.22. The van der Waals surface area contributed by atoms with Gasteiger partial charge >= 0.3 is 12.2 Å². The topological polar surface area (TPSA) is 32.3 Å². The maximum Gasteiger partial charge on any atom is 0.415 e. The van der Waals surface area contributed by atoms with Crippen LogP contribution >= 0.6 is 11.6 Å². The molecule has 0 bridgehead atoms. The van der Waals surface area contributed by atoms with Crippen LogP contribution in [0.15, 0.2) is 48.5 Å². The van der Waals surface area contributed by atoms with Gasteiger partial charge in [-0.2, -0.15) is 13.2 Å². The molecule has 3 rings (SSSR count). The summed E-state index contributed by atoms with van der Waals surface area (Å²) >= 11 is 5.94. The van der Waals surface area contributed by atoms with E-state index in [1.54, 1.807) is 37.3 Å². The first-order valence-electron chi connectivity index (χ1n) is 7.68. The first-order valence-corrected chi connectivity index (χ1v) is 8.06. The van der Waals surface area contributed by atoms with E-state index in [4.69, 9.17) is 11.6 Å². The fraction of sp³-hybridized carbons (Fsp3) is 0.278. The molecule has 0 saturated carbocycles. The van der Waals surface area contributed by atoms with Crippen molar-refractivity contribution in [1.29, 1.82) is 0 Å². The smallest absolute Gasteiger partial charge is 0.307 e. The Labute approximate surface area is 148 Å². The van der Waals surface area contributed by atoms with Crippen molar-refractivity contribution in [2.75, 3.05) is 5.32 Å². The van der Waals surface area contributed by atoms with E-state index >= 15 is 0 Å². The molecule has 3 nitrogen and oxygen atoms in total. The minimum Gasteiger partial charge on any atom is -0.307 e. The zero-order chi connectivity index (χ0) is 18.4. The third-order valence-corrected chi connectivity index (χ3v) is 4.90. The molecule has 0 radical (unpaired) electrons. The lowest BCUT2D eigenvalue weighted by atomic mass is 9.84. The van der Waals surface area contributed by atoms with E-state index in [9.17, 15) is 18.0 Å². The van der Waals surface area contributed by atoms with E-state index in [2.05, 4.69) is 5.32 Å². The van der Waals surface area contributed by atoms with Crippen molar-refractivity contribution in [3.05, 3.63) is 64.7 Å². The van der Waals surface area contributed by atoms with Crippen LogP contribution in [0.1, 0.15) is 31.0 Å². The monoisotopic (exact) mass is 368 g/mol. The number of benzene rings is 2.